The van der Waals surface area contributed by atoms with Gasteiger partial charge >= 0.3 is 0 Å². The molecule has 0 aliphatic heterocycles. The molecule has 0 aliphatic carbocycles. The Kier molecular flexibility index (Phi) is 6.50. The van der Waals surface area contributed by atoms with Crippen LogP contribution in [-0.4, -0.2) is 17.4 Å². The number of nitrogens with zero attached hydrogens (tertiary/aromatic N) is 1. The van der Waals surface area contributed by atoms with Crippen LogP contribution in [0.25, 0.3) is 0 Å². The van der Waals surface area contributed by atoms with Crippen LogP contribution < -0.4 is 10.6 Å². The van der Waals surface area contributed by atoms with Crippen molar-refractivity contribution in [2.75, 3.05) is 6.54 Å². The van der Waals surface area contributed by atoms with Gasteiger partial charge in [0, 0.05) is 38.4 Å². The van der Waals surface area contributed by atoms with Gasteiger partial charge in [-0.3, -0.25) is 9.78 Å². The molecule has 0 fully saturated rings. The number of amides is 1. The molecule has 0 unspecified atom stereocenters. The Morgan fingerprint density at radius 3 is 2.42 bits per heavy atom. The standard InChI is InChI=1S/C20H27N3O/c1-20(2,3)18-8-6-16(7-9-18)13-22-12-10-19(24)23-15-17-5-4-11-21-14-17/h4-9,11,14,22H,10,12-13,15H2,1-3H3,(H,23,24). The summed E-state index contributed by atoms with van der Waals surface area (Å²) in [5.74, 6) is 0.0504. The number of pyridine rings is 1. The summed E-state index contributed by atoms with van der Waals surface area (Å²) < 4.78 is 0. The highest BCUT2D eigenvalue weighted by atomic mass is 16.1. The van der Waals surface area contributed by atoms with E-state index in [1.165, 1.54) is 11.1 Å². The second kappa shape index (κ2) is 8.60. The Hall–Kier alpha value is -2.20. The molecule has 0 bridgehead atoms. The Labute approximate surface area is 144 Å². The van der Waals surface area contributed by atoms with Gasteiger partial charge in [0.05, 0.1) is 0 Å². The summed E-state index contributed by atoms with van der Waals surface area (Å²) >= 11 is 0. The van der Waals surface area contributed by atoms with Crippen molar-refractivity contribution in [2.45, 2.75) is 45.7 Å². The molecule has 2 rings (SSSR count). The summed E-state index contributed by atoms with van der Waals surface area (Å²) in [6, 6.07) is 12.5. The van der Waals surface area contributed by atoms with Gasteiger partial charge in [0.15, 0.2) is 0 Å². The van der Waals surface area contributed by atoms with E-state index in [1.54, 1.807) is 12.4 Å². The normalized spacial score (nSPS) is 11.3. The highest BCUT2D eigenvalue weighted by molar-refractivity contribution is 5.76. The van der Waals surface area contributed by atoms with E-state index in [2.05, 4.69) is 60.7 Å². The molecule has 0 atom stereocenters. The van der Waals surface area contributed by atoms with Gasteiger partial charge in [-0.25, -0.2) is 0 Å². The molecule has 1 amide bonds. The van der Waals surface area contributed by atoms with E-state index in [0.29, 0.717) is 19.5 Å². The summed E-state index contributed by atoms with van der Waals surface area (Å²) in [7, 11) is 0. The topological polar surface area (TPSA) is 54.0 Å². The zero-order valence-corrected chi connectivity index (χ0v) is 14.8. The fraction of sp³-hybridized carbons (Fsp3) is 0.400. The number of aromatic nitrogens is 1. The summed E-state index contributed by atoms with van der Waals surface area (Å²) in [5.41, 5.74) is 3.76. The molecular formula is C20H27N3O. The number of hydrogen-bond acceptors (Lipinski definition) is 3. The summed E-state index contributed by atoms with van der Waals surface area (Å²) in [6.07, 6.45) is 3.96. The number of benzene rings is 1. The zero-order valence-electron chi connectivity index (χ0n) is 14.8. The summed E-state index contributed by atoms with van der Waals surface area (Å²) in [4.78, 5) is 15.8. The van der Waals surface area contributed by atoms with E-state index in [9.17, 15) is 4.79 Å². The SMILES string of the molecule is CC(C)(C)c1ccc(CNCCC(=O)NCc2cccnc2)cc1. The number of hydrogen-bond donors (Lipinski definition) is 2. The van der Waals surface area contributed by atoms with E-state index in [1.807, 2.05) is 12.1 Å². The highest BCUT2D eigenvalue weighted by Crippen LogP contribution is 2.22. The van der Waals surface area contributed by atoms with Gasteiger partial charge in [-0.1, -0.05) is 51.1 Å². The smallest absolute Gasteiger partial charge is 0.221 e. The molecule has 0 saturated carbocycles. The third kappa shape index (κ3) is 6.13. The van der Waals surface area contributed by atoms with Crippen molar-refractivity contribution in [3.05, 3.63) is 65.5 Å². The maximum atomic E-state index is 11.8. The van der Waals surface area contributed by atoms with E-state index in [-0.39, 0.29) is 11.3 Å². The average molecular weight is 325 g/mol. The first-order valence-electron chi connectivity index (χ1n) is 8.41. The number of nitrogens with one attached hydrogen (secondary N) is 2. The van der Waals surface area contributed by atoms with Crippen molar-refractivity contribution >= 4 is 5.91 Å². The van der Waals surface area contributed by atoms with Gasteiger partial charge in [-0.05, 0) is 28.2 Å². The predicted octanol–water partition coefficient (Wildman–Crippen LogP) is 3.18. The van der Waals surface area contributed by atoms with Crippen molar-refractivity contribution in [1.82, 2.24) is 15.6 Å². The minimum absolute atomic E-state index is 0.0504. The van der Waals surface area contributed by atoms with E-state index in [0.717, 1.165) is 12.1 Å². The molecule has 2 aromatic rings. The van der Waals surface area contributed by atoms with Crippen LogP contribution in [0.2, 0.25) is 0 Å². The molecule has 2 N–H and O–H groups in total. The third-order valence-electron chi connectivity index (χ3n) is 3.89. The first-order chi connectivity index (χ1) is 11.4. The van der Waals surface area contributed by atoms with Crippen LogP contribution in [0.15, 0.2) is 48.8 Å². The van der Waals surface area contributed by atoms with Crippen molar-refractivity contribution in [3.8, 4) is 0 Å². The molecule has 24 heavy (non-hydrogen) atoms. The quantitative estimate of drug-likeness (QED) is 0.769. The number of rotatable bonds is 7. The van der Waals surface area contributed by atoms with Crippen molar-refractivity contribution in [2.24, 2.45) is 0 Å². The fourth-order valence-electron chi connectivity index (χ4n) is 2.35. The Morgan fingerprint density at radius 2 is 1.79 bits per heavy atom. The van der Waals surface area contributed by atoms with Crippen LogP contribution in [-0.2, 0) is 23.3 Å². The molecular weight excluding hydrogens is 298 g/mol. The molecule has 4 heteroatoms. The van der Waals surface area contributed by atoms with Crippen molar-refractivity contribution in [1.29, 1.82) is 0 Å². The van der Waals surface area contributed by atoms with E-state index < -0.39 is 0 Å². The summed E-state index contributed by atoms with van der Waals surface area (Å²) in [6.45, 7) is 8.61. The van der Waals surface area contributed by atoms with E-state index in [4.69, 9.17) is 0 Å². The monoisotopic (exact) mass is 325 g/mol. The first kappa shape index (κ1) is 18.1. The third-order valence-corrected chi connectivity index (χ3v) is 3.89. The molecule has 0 saturated heterocycles. The van der Waals surface area contributed by atoms with Gasteiger partial charge in [0.1, 0.15) is 0 Å². The molecule has 1 aromatic heterocycles. The lowest BCUT2D eigenvalue weighted by Crippen LogP contribution is -2.27. The van der Waals surface area contributed by atoms with Gasteiger partial charge in [-0.15, -0.1) is 0 Å². The Balaban J connectivity index is 1.64. The molecule has 128 valence electrons. The predicted molar refractivity (Wildman–Crippen MR) is 97.5 cm³/mol. The van der Waals surface area contributed by atoms with Crippen molar-refractivity contribution in [3.63, 3.8) is 0 Å². The first-order valence-corrected chi connectivity index (χ1v) is 8.41. The molecule has 1 aromatic carbocycles. The lowest BCUT2D eigenvalue weighted by atomic mass is 9.87. The van der Waals surface area contributed by atoms with Gasteiger partial charge in [-0.2, -0.15) is 0 Å². The minimum Gasteiger partial charge on any atom is -0.352 e. The Morgan fingerprint density at radius 1 is 1.04 bits per heavy atom. The second-order valence-corrected chi connectivity index (χ2v) is 7.01. The van der Waals surface area contributed by atoms with Crippen LogP contribution in [0.5, 0.6) is 0 Å². The van der Waals surface area contributed by atoms with E-state index >= 15 is 0 Å². The van der Waals surface area contributed by atoms with Crippen molar-refractivity contribution < 1.29 is 4.79 Å². The van der Waals surface area contributed by atoms with Crippen LogP contribution in [0.1, 0.15) is 43.9 Å². The number of carbonyl (C=O) groups excluding carboxylic acids is 1. The highest BCUT2D eigenvalue weighted by Gasteiger charge is 2.12. The molecule has 0 aliphatic rings. The van der Waals surface area contributed by atoms with Gasteiger partial charge < -0.3 is 10.6 Å². The van der Waals surface area contributed by atoms with Crippen LogP contribution in [0, 0.1) is 0 Å². The fourth-order valence-corrected chi connectivity index (χ4v) is 2.35. The van der Waals surface area contributed by atoms with Crippen LogP contribution in [0.4, 0.5) is 0 Å². The van der Waals surface area contributed by atoms with Crippen LogP contribution >= 0.6 is 0 Å². The van der Waals surface area contributed by atoms with Gasteiger partial charge in [0.25, 0.3) is 0 Å². The molecule has 1 heterocycles. The maximum absolute atomic E-state index is 11.8. The second-order valence-electron chi connectivity index (χ2n) is 7.01. The largest absolute Gasteiger partial charge is 0.352 e. The maximum Gasteiger partial charge on any atom is 0.221 e. The Bertz CT molecular complexity index is 630. The molecule has 0 radical (unpaired) electrons. The summed E-state index contributed by atoms with van der Waals surface area (Å²) in [5, 5.41) is 6.22. The molecule has 0 spiro atoms. The average Bonchev–Trinajstić information content (AvgIpc) is 2.57. The van der Waals surface area contributed by atoms with Crippen LogP contribution in [0.3, 0.4) is 0 Å². The minimum atomic E-state index is 0.0504. The lowest BCUT2D eigenvalue weighted by Gasteiger charge is -2.19. The lowest BCUT2D eigenvalue weighted by molar-refractivity contribution is -0.121. The van der Waals surface area contributed by atoms with Gasteiger partial charge in [0.2, 0.25) is 5.91 Å². The number of carbonyl (C=O) groups is 1. The zero-order chi connectivity index (χ0) is 17.4. The molecule has 4 nitrogen and oxygen atoms in total.